The van der Waals surface area contributed by atoms with E-state index < -0.39 is 5.92 Å². The number of rotatable bonds is 2. The lowest BCUT2D eigenvalue weighted by molar-refractivity contribution is 0.891. The maximum Gasteiger partial charge on any atom is 0.151 e. The van der Waals surface area contributed by atoms with Crippen LogP contribution in [0.2, 0.25) is 15.2 Å². The number of benzene rings is 1. The van der Waals surface area contributed by atoms with E-state index in [2.05, 4.69) is 16.0 Å². The van der Waals surface area contributed by atoms with Gasteiger partial charge in [0.2, 0.25) is 0 Å². The minimum atomic E-state index is -0.745. The molecular formula is C12H6Cl3N3. The van der Waals surface area contributed by atoms with Crippen molar-refractivity contribution in [2.45, 2.75) is 5.92 Å². The zero-order valence-electron chi connectivity index (χ0n) is 8.94. The summed E-state index contributed by atoms with van der Waals surface area (Å²) in [6.45, 7) is 0. The Kier molecular flexibility index (Phi) is 4.03. The molecule has 0 aliphatic heterocycles. The summed E-state index contributed by atoms with van der Waals surface area (Å²) in [7, 11) is 0. The Labute approximate surface area is 119 Å². The summed E-state index contributed by atoms with van der Waals surface area (Å²) in [6, 6.07) is 8.66. The van der Waals surface area contributed by atoms with Crippen molar-refractivity contribution in [3.8, 4) is 6.07 Å². The molecule has 1 aromatic carbocycles. The van der Waals surface area contributed by atoms with E-state index >= 15 is 0 Å². The van der Waals surface area contributed by atoms with Gasteiger partial charge in [-0.3, -0.25) is 0 Å². The first-order valence-electron chi connectivity index (χ1n) is 4.95. The number of nitriles is 1. The molecule has 18 heavy (non-hydrogen) atoms. The molecule has 2 aromatic rings. The number of aromatic nitrogens is 2. The highest BCUT2D eigenvalue weighted by atomic mass is 35.5. The second-order valence-corrected chi connectivity index (χ2v) is 4.64. The molecule has 0 amide bonds. The molecule has 1 heterocycles. The molecule has 0 radical (unpaired) electrons. The Morgan fingerprint density at radius 1 is 1.11 bits per heavy atom. The normalized spacial score (nSPS) is 11.9. The van der Waals surface area contributed by atoms with Crippen LogP contribution in [0, 0.1) is 11.3 Å². The molecule has 0 fully saturated rings. The second kappa shape index (κ2) is 5.53. The van der Waals surface area contributed by atoms with Crippen LogP contribution in [0.1, 0.15) is 17.3 Å². The summed E-state index contributed by atoms with van der Waals surface area (Å²) in [5.41, 5.74) is 0.491. The Morgan fingerprint density at radius 2 is 1.78 bits per heavy atom. The standard InChI is InChI=1S/C12H6Cl3N3/c13-8-2-1-3-9(14)11(8)7(6-16)12-17-5-4-10(15)18-12/h1-5,7H. The molecule has 0 spiro atoms. The third kappa shape index (κ3) is 2.56. The summed E-state index contributed by atoms with van der Waals surface area (Å²) in [5.74, 6) is -0.468. The molecule has 1 unspecified atom stereocenters. The number of hydrogen-bond donors (Lipinski definition) is 0. The van der Waals surface area contributed by atoms with Crippen LogP contribution in [0.25, 0.3) is 0 Å². The second-order valence-electron chi connectivity index (χ2n) is 3.44. The molecule has 0 bridgehead atoms. The molecule has 3 nitrogen and oxygen atoms in total. The van der Waals surface area contributed by atoms with Gasteiger partial charge in [0, 0.05) is 21.8 Å². The summed E-state index contributed by atoms with van der Waals surface area (Å²) < 4.78 is 0. The molecule has 0 N–H and O–H groups in total. The molecule has 1 aromatic heterocycles. The van der Waals surface area contributed by atoms with Crippen LogP contribution in [0.3, 0.4) is 0 Å². The molecule has 0 saturated heterocycles. The van der Waals surface area contributed by atoms with Gasteiger partial charge in [-0.15, -0.1) is 0 Å². The van der Waals surface area contributed by atoms with E-state index in [1.807, 2.05) is 0 Å². The van der Waals surface area contributed by atoms with Gasteiger partial charge in [0.25, 0.3) is 0 Å². The first-order valence-corrected chi connectivity index (χ1v) is 6.09. The van der Waals surface area contributed by atoms with Gasteiger partial charge in [0.1, 0.15) is 11.1 Å². The predicted octanol–water partition coefficient (Wildman–Crippen LogP) is 4.09. The molecule has 2 rings (SSSR count). The number of nitrogens with zero attached hydrogens (tertiary/aromatic N) is 3. The zero-order valence-corrected chi connectivity index (χ0v) is 11.2. The van der Waals surface area contributed by atoms with E-state index in [0.29, 0.717) is 15.6 Å². The maximum absolute atomic E-state index is 9.28. The van der Waals surface area contributed by atoms with Crippen molar-refractivity contribution in [2.75, 3.05) is 0 Å². The average molecular weight is 299 g/mol. The van der Waals surface area contributed by atoms with E-state index in [1.54, 1.807) is 18.2 Å². The monoisotopic (exact) mass is 297 g/mol. The Morgan fingerprint density at radius 3 is 2.33 bits per heavy atom. The highest BCUT2D eigenvalue weighted by Crippen LogP contribution is 2.34. The third-order valence-electron chi connectivity index (χ3n) is 2.32. The summed E-state index contributed by atoms with van der Waals surface area (Å²) in [4.78, 5) is 8.05. The number of hydrogen-bond acceptors (Lipinski definition) is 3. The molecule has 6 heteroatoms. The Bertz CT molecular complexity index is 602. The van der Waals surface area contributed by atoms with Crippen molar-refractivity contribution in [1.29, 1.82) is 5.26 Å². The van der Waals surface area contributed by atoms with Crippen LogP contribution in [-0.2, 0) is 0 Å². The van der Waals surface area contributed by atoms with Gasteiger partial charge in [-0.25, -0.2) is 9.97 Å². The average Bonchev–Trinajstić information content (AvgIpc) is 2.34. The fourth-order valence-corrected chi connectivity index (χ4v) is 2.29. The van der Waals surface area contributed by atoms with Crippen molar-refractivity contribution >= 4 is 34.8 Å². The van der Waals surface area contributed by atoms with Gasteiger partial charge in [-0.1, -0.05) is 40.9 Å². The molecule has 90 valence electrons. The predicted molar refractivity (Wildman–Crippen MR) is 71.0 cm³/mol. The van der Waals surface area contributed by atoms with Crippen LogP contribution in [0.4, 0.5) is 0 Å². The van der Waals surface area contributed by atoms with Crippen molar-refractivity contribution in [3.05, 3.63) is 57.0 Å². The van der Waals surface area contributed by atoms with Crippen LogP contribution in [0.5, 0.6) is 0 Å². The molecular weight excluding hydrogens is 293 g/mol. The summed E-state index contributed by atoms with van der Waals surface area (Å²) >= 11 is 17.9. The smallest absolute Gasteiger partial charge is 0.151 e. The first kappa shape index (κ1) is 13.1. The summed E-state index contributed by atoms with van der Waals surface area (Å²) in [6.07, 6.45) is 1.49. The van der Waals surface area contributed by atoms with Crippen LogP contribution >= 0.6 is 34.8 Å². The molecule has 0 aliphatic rings. The van der Waals surface area contributed by atoms with Crippen LogP contribution in [-0.4, -0.2) is 9.97 Å². The van der Waals surface area contributed by atoms with Crippen molar-refractivity contribution < 1.29 is 0 Å². The van der Waals surface area contributed by atoms with Crippen molar-refractivity contribution in [2.24, 2.45) is 0 Å². The zero-order chi connectivity index (χ0) is 13.1. The fraction of sp³-hybridized carbons (Fsp3) is 0.0833. The molecule has 0 saturated carbocycles. The van der Waals surface area contributed by atoms with Gasteiger partial charge < -0.3 is 0 Å². The van der Waals surface area contributed by atoms with E-state index in [9.17, 15) is 5.26 Å². The van der Waals surface area contributed by atoms with E-state index in [-0.39, 0.29) is 11.0 Å². The van der Waals surface area contributed by atoms with Gasteiger partial charge in [0.15, 0.2) is 5.82 Å². The van der Waals surface area contributed by atoms with Crippen LogP contribution in [0.15, 0.2) is 30.5 Å². The van der Waals surface area contributed by atoms with Gasteiger partial charge >= 0.3 is 0 Å². The lowest BCUT2D eigenvalue weighted by Gasteiger charge is -2.11. The first-order chi connectivity index (χ1) is 8.63. The highest BCUT2D eigenvalue weighted by Gasteiger charge is 2.22. The molecule has 1 atom stereocenters. The maximum atomic E-state index is 9.28. The van der Waals surface area contributed by atoms with Gasteiger partial charge in [-0.2, -0.15) is 5.26 Å². The quantitative estimate of drug-likeness (QED) is 0.785. The van der Waals surface area contributed by atoms with E-state index in [0.717, 1.165) is 0 Å². The summed E-state index contributed by atoms with van der Waals surface area (Å²) in [5, 5.41) is 10.4. The highest BCUT2D eigenvalue weighted by molar-refractivity contribution is 6.36. The molecule has 0 aliphatic carbocycles. The van der Waals surface area contributed by atoms with Crippen LogP contribution < -0.4 is 0 Å². The van der Waals surface area contributed by atoms with E-state index in [4.69, 9.17) is 34.8 Å². The fourth-order valence-electron chi connectivity index (χ4n) is 1.53. The van der Waals surface area contributed by atoms with Crippen molar-refractivity contribution in [1.82, 2.24) is 9.97 Å². The minimum Gasteiger partial charge on any atom is -0.239 e. The Hall–Kier alpha value is -1.34. The third-order valence-corrected chi connectivity index (χ3v) is 3.19. The van der Waals surface area contributed by atoms with E-state index in [1.165, 1.54) is 12.3 Å². The SMILES string of the molecule is N#CC(c1nccc(Cl)n1)c1c(Cl)cccc1Cl. The van der Waals surface area contributed by atoms with Gasteiger partial charge in [0.05, 0.1) is 6.07 Å². The Balaban J connectivity index is 2.57. The largest absolute Gasteiger partial charge is 0.239 e. The lowest BCUT2D eigenvalue weighted by atomic mass is 9.99. The minimum absolute atomic E-state index is 0.267. The van der Waals surface area contributed by atoms with Gasteiger partial charge in [-0.05, 0) is 18.2 Å². The number of halogens is 3. The topological polar surface area (TPSA) is 49.6 Å². The lowest BCUT2D eigenvalue weighted by Crippen LogP contribution is -2.05. The van der Waals surface area contributed by atoms with Crippen molar-refractivity contribution in [3.63, 3.8) is 0 Å².